The highest BCUT2D eigenvalue weighted by Crippen LogP contribution is 2.17. The summed E-state index contributed by atoms with van der Waals surface area (Å²) in [6, 6.07) is 8.79. The van der Waals surface area contributed by atoms with E-state index >= 15 is 0 Å². The second kappa shape index (κ2) is 27.7. The summed E-state index contributed by atoms with van der Waals surface area (Å²) >= 11 is 0. The predicted octanol–water partition coefficient (Wildman–Crippen LogP) is 8.78. The van der Waals surface area contributed by atoms with E-state index in [1.165, 1.54) is 140 Å². The zero-order valence-electron chi connectivity index (χ0n) is 27.9. The van der Waals surface area contributed by atoms with Crippen LogP contribution in [0.2, 0.25) is 0 Å². The second-order valence-corrected chi connectivity index (χ2v) is 12.3. The maximum Gasteiger partial charge on any atom is 0.171 e. The third-order valence-electron chi connectivity index (χ3n) is 8.49. The molecular weight excluding hydrogens is 532 g/mol. The molecule has 2 rings (SSSR count). The Morgan fingerprint density at radius 1 is 0.442 bits per heavy atom. The first-order valence-electron chi connectivity index (χ1n) is 18.1. The number of aryl methyl sites for hydroxylation is 1. The standard InChI is InChI=1S/C38H66N2O3/c1-2-3-4-5-6-7-8-9-10-11-12-13-14-15-16-17-18-19-20-21-26-39-27-22-37(23-28-39)38-24-29-40(30-25-38)31-33-42-35-36-43-34-32-41/h22-25,27-30,41H,2-21,26,31-36H2,1H3/q+2. The third-order valence-corrected chi connectivity index (χ3v) is 8.49. The molecule has 0 aliphatic heterocycles. The van der Waals surface area contributed by atoms with Crippen LogP contribution in [0, 0.1) is 0 Å². The van der Waals surface area contributed by atoms with Gasteiger partial charge in [-0.15, -0.1) is 0 Å². The number of unbranched alkanes of at least 4 members (excludes halogenated alkanes) is 19. The Labute approximate surface area is 265 Å². The van der Waals surface area contributed by atoms with Crippen LogP contribution in [0.4, 0.5) is 0 Å². The van der Waals surface area contributed by atoms with E-state index in [0.717, 1.165) is 13.1 Å². The van der Waals surface area contributed by atoms with Gasteiger partial charge in [-0.2, -0.15) is 0 Å². The Hall–Kier alpha value is -1.82. The minimum Gasteiger partial charge on any atom is -0.394 e. The van der Waals surface area contributed by atoms with Crippen LogP contribution < -0.4 is 9.13 Å². The summed E-state index contributed by atoms with van der Waals surface area (Å²) < 4.78 is 15.2. The molecule has 0 aromatic carbocycles. The van der Waals surface area contributed by atoms with E-state index in [-0.39, 0.29) is 6.61 Å². The Bertz CT molecular complexity index is 857. The summed E-state index contributed by atoms with van der Waals surface area (Å²) in [7, 11) is 0. The fourth-order valence-corrected chi connectivity index (χ4v) is 5.70. The van der Waals surface area contributed by atoms with Crippen molar-refractivity contribution in [2.75, 3.05) is 33.0 Å². The summed E-state index contributed by atoms with van der Waals surface area (Å²) in [5.41, 5.74) is 2.49. The van der Waals surface area contributed by atoms with Gasteiger partial charge in [-0.1, -0.05) is 122 Å². The molecule has 5 nitrogen and oxygen atoms in total. The van der Waals surface area contributed by atoms with E-state index in [0.29, 0.717) is 26.4 Å². The van der Waals surface area contributed by atoms with Gasteiger partial charge in [0, 0.05) is 30.7 Å². The molecule has 43 heavy (non-hydrogen) atoms. The molecule has 0 saturated carbocycles. The molecule has 2 heterocycles. The van der Waals surface area contributed by atoms with Gasteiger partial charge in [0.05, 0.1) is 26.4 Å². The lowest BCUT2D eigenvalue weighted by atomic mass is 10.0. The number of aromatic nitrogens is 2. The molecular formula is C38H66N2O3+2. The summed E-state index contributed by atoms with van der Waals surface area (Å²) in [4.78, 5) is 0. The highest BCUT2D eigenvalue weighted by Gasteiger charge is 2.06. The molecule has 5 heteroatoms. The largest absolute Gasteiger partial charge is 0.394 e. The molecule has 0 aliphatic rings. The van der Waals surface area contributed by atoms with Gasteiger partial charge < -0.3 is 14.6 Å². The lowest BCUT2D eigenvalue weighted by Crippen LogP contribution is -2.35. The molecule has 0 atom stereocenters. The van der Waals surface area contributed by atoms with Crippen LogP contribution >= 0.6 is 0 Å². The van der Waals surface area contributed by atoms with E-state index in [2.05, 4.69) is 65.1 Å². The van der Waals surface area contributed by atoms with E-state index in [4.69, 9.17) is 14.6 Å². The van der Waals surface area contributed by atoms with Gasteiger partial charge in [0.2, 0.25) is 0 Å². The van der Waals surface area contributed by atoms with Crippen molar-refractivity contribution in [2.24, 2.45) is 0 Å². The number of nitrogens with zero attached hydrogens (tertiary/aromatic N) is 2. The van der Waals surface area contributed by atoms with Gasteiger partial charge in [-0.25, -0.2) is 9.13 Å². The van der Waals surface area contributed by atoms with Crippen LogP contribution in [0.5, 0.6) is 0 Å². The smallest absolute Gasteiger partial charge is 0.171 e. The van der Waals surface area contributed by atoms with E-state index < -0.39 is 0 Å². The Morgan fingerprint density at radius 3 is 1.19 bits per heavy atom. The van der Waals surface area contributed by atoms with Crippen molar-refractivity contribution in [3.63, 3.8) is 0 Å². The van der Waals surface area contributed by atoms with Crippen molar-refractivity contribution in [1.29, 1.82) is 0 Å². The maximum atomic E-state index is 8.70. The lowest BCUT2D eigenvalue weighted by Gasteiger charge is -2.04. The molecule has 244 valence electrons. The molecule has 0 radical (unpaired) electrons. The Morgan fingerprint density at radius 2 is 0.791 bits per heavy atom. The average Bonchev–Trinajstić information content (AvgIpc) is 3.04. The van der Waals surface area contributed by atoms with Gasteiger partial charge in [-0.05, 0) is 17.5 Å². The molecule has 1 N–H and O–H groups in total. The van der Waals surface area contributed by atoms with Crippen molar-refractivity contribution in [2.45, 2.75) is 148 Å². The highest BCUT2D eigenvalue weighted by atomic mass is 16.5. The van der Waals surface area contributed by atoms with Crippen LogP contribution in [-0.2, 0) is 22.6 Å². The number of pyridine rings is 2. The van der Waals surface area contributed by atoms with Gasteiger partial charge in [0.15, 0.2) is 31.3 Å². The number of rotatable bonds is 30. The fraction of sp³-hybridized carbons (Fsp3) is 0.737. The lowest BCUT2D eigenvalue weighted by molar-refractivity contribution is -0.698. The molecule has 0 bridgehead atoms. The summed E-state index contributed by atoms with van der Waals surface area (Å²) in [5, 5.41) is 8.70. The first-order valence-corrected chi connectivity index (χ1v) is 18.1. The zero-order chi connectivity index (χ0) is 30.5. The van der Waals surface area contributed by atoms with Crippen molar-refractivity contribution < 1.29 is 23.7 Å². The van der Waals surface area contributed by atoms with Crippen LogP contribution in [0.25, 0.3) is 11.1 Å². The highest BCUT2D eigenvalue weighted by molar-refractivity contribution is 5.60. The van der Waals surface area contributed by atoms with Crippen LogP contribution in [0.1, 0.15) is 135 Å². The SMILES string of the molecule is CCCCCCCCCCCCCCCCCCCCCC[n+]1ccc(-c2cc[n+](CCOCCOCCO)cc2)cc1. The van der Waals surface area contributed by atoms with E-state index in [1.807, 2.05) is 0 Å². The van der Waals surface area contributed by atoms with E-state index in [9.17, 15) is 0 Å². The van der Waals surface area contributed by atoms with Crippen LogP contribution in [-0.4, -0.2) is 38.1 Å². The minimum atomic E-state index is 0.0588. The molecule has 0 aliphatic carbocycles. The molecule has 0 spiro atoms. The fourth-order valence-electron chi connectivity index (χ4n) is 5.70. The maximum absolute atomic E-state index is 8.70. The number of hydrogen-bond acceptors (Lipinski definition) is 3. The average molecular weight is 599 g/mol. The van der Waals surface area contributed by atoms with Crippen LogP contribution in [0.15, 0.2) is 49.1 Å². The van der Waals surface area contributed by atoms with E-state index in [1.54, 1.807) is 0 Å². The molecule has 0 amide bonds. The van der Waals surface area contributed by atoms with Crippen molar-refractivity contribution in [3.8, 4) is 11.1 Å². The van der Waals surface area contributed by atoms with Crippen molar-refractivity contribution >= 4 is 0 Å². The van der Waals surface area contributed by atoms with Gasteiger partial charge in [0.1, 0.15) is 13.2 Å². The normalized spacial score (nSPS) is 11.4. The Balaban J connectivity index is 1.38. The first kappa shape index (κ1) is 37.4. The number of aliphatic hydroxyl groups is 1. The molecule has 0 saturated heterocycles. The first-order chi connectivity index (χ1) is 21.3. The third kappa shape index (κ3) is 20.7. The molecule has 2 aromatic heterocycles. The zero-order valence-corrected chi connectivity index (χ0v) is 27.9. The topological polar surface area (TPSA) is 46.5 Å². The van der Waals surface area contributed by atoms with Crippen LogP contribution in [0.3, 0.4) is 0 Å². The van der Waals surface area contributed by atoms with Crippen molar-refractivity contribution in [1.82, 2.24) is 0 Å². The van der Waals surface area contributed by atoms with Gasteiger partial charge >= 0.3 is 0 Å². The number of hydrogen-bond donors (Lipinski definition) is 1. The molecule has 0 fully saturated rings. The Kier molecular flexibility index (Phi) is 24.1. The summed E-state index contributed by atoms with van der Waals surface area (Å²) in [6.45, 7) is 6.39. The number of ether oxygens (including phenoxy) is 2. The second-order valence-electron chi connectivity index (χ2n) is 12.3. The summed E-state index contributed by atoms with van der Waals surface area (Å²) in [6.07, 6.45) is 37.2. The predicted molar refractivity (Wildman–Crippen MR) is 179 cm³/mol. The van der Waals surface area contributed by atoms with Crippen molar-refractivity contribution in [3.05, 3.63) is 49.1 Å². The van der Waals surface area contributed by atoms with Gasteiger partial charge in [-0.3, -0.25) is 0 Å². The van der Waals surface area contributed by atoms with Gasteiger partial charge in [0.25, 0.3) is 0 Å². The molecule has 2 aromatic rings. The monoisotopic (exact) mass is 599 g/mol. The summed E-state index contributed by atoms with van der Waals surface area (Å²) in [5.74, 6) is 0. The molecule has 0 unspecified atom stereocenters. The minimum absolute atomic E-state index is 0.0588. The number of aliphatic hydroxyl groups excluding tert-OH is 1. The quantitative estimate of drug-likeness (QED) is 0.0722.